The number of amides is 1. The molecule has 3 aromatic rings. The van der Waals surface area contributed by atoms with Crippen molar-refractivity contribution >= 4 is 11.7 Å². The zero-order chi connectivity index (χ0) is 24.8. The van der Waals surface area contributed by atoms with Gasteiger partial charge < -0.3 is 14.2 Å². The number of ether oxygens (including phenoxy) is 1. The van der Waals surface area contributed by atoms with Crippen molar-refractivity contribution in [3.05, 3.63) is 65.9 Å². The molecule has 1 fully saturated rings. The lowest BCUT2D eigenvalue weighted by molar-refractivity contribution is -0.140. The van der Waals surface area contributed by atoms with Gasteiger partial charge in [-0.3, -0.25) is 4.90 Å². The van der Waals surface area contributed by atoms with Gasteiger partial charge in [0, 0.05) is 43.0 Å². The van der Waals surface area contributed by atoms with Gasteiger partial charge in [-0.05, 0) is 29.7 Å². The molecule has 4 rings (SSSR count). The summed E-state index contributed by atoms with van der Waals surface area (Å²) in [6.07, 6.45) is -0.547. The molecule has 2 aromatic heterocycles. The van der Waals surface area contributed by atoms with Crippen molar-refractivity contribution in [1.29, 1.82) is 0 Å². The number of benzene rings is 1. The highest BCUT2D eigenvalue weighted by Gasteiger charge is 2.46. The number of nitrogens with zero attached hydrogens (tertiary/aromatic N) is 3. The Kier molecular flexibility index (Phi) is 5.95. The SMILES string of the molecule is CC(C)(C)C(c1cccn2ccnc12)N(C(=O)O)C1CC(Oc2ccc(F)c(C(F)(F)F)c2)C1. The highest BCUT2D eigenvalue weighted by Crippen LogP contribution is 2.44. The van der Waals surface area contributed by atoms with Crippen LogP contribution in [-0.4, -0.2) is 37.6 Å². The van der Waals surface area contributed by atoms with Crippen LogP contribution in [0.15, 0.2) is 48.9 Å². The number of fused-ring (bicyclic) bond motifs is 1. The van der Waals surface area contributed by atoms with Crippen LogP contribution in [0, 0.1) is 11.2 Å². The molecular weight excluding hydrogens is 454 g/mol. The van der Waals surface area contributed by atoms with E-state index in [1.54, 1.807) is 12.4 Å². The second-order valence-electron chi connectivity index (χ2n) is 9.58. The molecule has 1 aliphatic rings. The van der Waals surface area contributed by atoms with Crippen LogP contribution in [0.4, 0.5) is 22.4 Å². The van der Waals surface area contributed by atoms with Crippen LogP contribution in [0.2, 0.25) is 0 Å². The highest BCUT2D eigenvalue weighted by atomic mass is 19.4. The number of hydrogen-bond donors (Lipinski definition) is 1. The fourth-order valence-electron chi connectivity index (χ4n) is 4.54. The molecule has 1 aromatic carbocycles. The van der Waals surface area contributed by atoms with Gasteiger partial charge in [0.25, 0.3) is 0 Å². The Bertz CT molecular complexity index is 1200. The summed E-state index contributed by atoms with van der Waals surface area (Å²) in [6.45, 7) is 5.84. The van der Waals surface area contributed by atoms with Crippen LogP contribution in [-0.2, 0) is 6.18 Å². The molecule has 0 radical (unpaired) electrons. The molecule has 10 heteroatoms. The number of halogens is 4. The summed E-state index contributed by atoms with van der Waals surface area (Å²) in [6, 6.07) is 5.27. The van der Waals surface area contributed by atoms with E-state index in [9.17, 15) is 27.5 Å². The van der Waals surface area contributed by atoms with E-state index in [4.69, 9.17) is 4.74 Å². The first-order valence-corrected chi connectivity index (χ1v) is 10.8. The standard InChI is InChI=1S/C24H25F4N3O3/c1-23(2,3)20(17-5-4-9-30-10-8-29-21(17)30)31(22(32)33)14-11-16(12-14)34-15-6-7-19(25)18(13-15)24(26,27)28/h4-10,13-14,16,20H,11-12H2,1-3H3,(H,32,33). The van der Waals surface area contributed by atoms with Crippen molar-refractivity contribution in [2.45, 2.75) is 58.0 Å². The van der Waals surface area contributed by atoms with Crippen LogP contribution < -0.4 is 4.74 Å². The molecule has 34 heavy (non-hydrogen) atoms. The first-order valence-electron chi connectivity index (χ1n) is 10.8. The van der Waals surface area contributed by atoms with Gasteiger partial charge in [0.2, 0.25) is 0 Å². The predicted octanol–water partition coefficient (Wildman–Crippen LogP) is 6.17. The monoisotopic (exact) mass is 479 g/mol. The molecule has 0 bridgehead atoms. The number of hydrogen-bond acceptors (Lipinski definition) is 3. The molecule has 0 aliphatic heterocycles. The van der Waals surface area contributed by atoms with Gasteiger partial charge in [-0.15, -0.1) is 0 Å². The van der Waals surface area contributed by atoms with Gasteiger partial charge >= 0.3 is 12.3 Å². The molecule has 1 unspecified atom stereocenters. The quantitative estimate of drug-likeness (QED) is 0.445. The Balaban J connectivity index is 1.56. The normalized spacial score (nSPS) is 19.5. The summed E-state index contributed by atoms with van der Waals surface area (Å²) in [5, 5.41) is 10.2. The second kappa shape index (κ2) is 8.48. The number of aromatic nitrogens is 2. The molecule has 1 amide bonds. The topological polar surface area (TPSA) is 67.1 Å². The van der Waals surface area contributed by atoms with Crippen molar-refractivity contribution < 1.29 is 32.2 Å². The zero-order valence-corrected chi connectivity index (χ0v) is 18.9. The van der Waals surface area contributed by atoms with Crippen LogP contribution >= 0.6 is 0 Å². The van der Waals surface area contributed by atoms with Gasteiger partial charge in [-0.1, -0.05) is 26.8 Å². The predicted molar refractivity (Wildman–Crippen MR) is 116 cm³/mol. The number of imidazole rings is 1. The summed E-state index contributed by atoms with van der Waals surface area (Å²) in [5.74, 6) is -1.47. The van der Waals surface area contributed by atoms with E-state index in [1.165, 1.54) is 4.90 Å². The van der Waals surface area contributed by atoms with Crippen LogP contribution in [0.1, 0.15) is 50.8 Å². The Hall–Kier alpha value is -3.30. The largest absolute Gasteiger partial charge is 0.490 e. The van der Waals surface area contributed by atoms with Gasteiger partial charge in [0.1, 0.15) is 23.3 Å². The molecule has 0 spiro atoms. The summed E-state index contributed by atoms with van der Waals surface area (Å²) < 4.78 is 60.0. The van der Waals surface area contributed by atoms with Crippen LogP contribution in [0.25, 0.3) is 5.65 Å². The van der Waals surface area contributed by atoms with Crippen LogP contribution in [0.3, 0.4) is 0 Å². The minimum absolute atomic E-state index is 0.103. The molecule has 1 aliphatic carbocycles. The van der Waals surface area contributed by atoms with E-state index in [0.29, 0.717) is 24.6 Å². The average molecular weight is 479 g/mol. The molecule has 1 saturated carbocycles. The molecular formula is C24H25F4N3O3. The molecule has 2 heterocycles. The average Bonchev–Trinajstić information content (AvgIpc) is 3.17. The van der Waals surface area contributed by atoms with Crippen LogP contribution in [0.5, 0.6) is 5.75 Å². The molecule has 182 valence electrons. The smallest absolute Gasteiger partial charge is 0.419 e. The third-order valence-electron chi connectivity index (χ3n) is 6.07. The maximum atomic E-state index is 13.6. The molecule has 1 N–H and O–H groups in total. The first kappa shape index (κ1) is 23.8. The first-order chi connectivity index (χ1) is 15.9. The van der Waals surface area contributed by atoms with Gasteiger partial charge in [-0.2, -0.15) is 13.2 Å². The zero-order valence-electron chi connectivity index (χ0n) is 18.9. The fraction of sp³-hybridized carbons (Fsp3) is 0.417. The van der Waals surface area contributed by atoms with Crippen molar-refractivity contribution in [3.63, 3.8) is 0 Å². The number of rotatable bonds is 5. The third-order valence-corrected chi connectivity index (χ3v) is 6.07. The lowest BCUT2D eigenvalue weighted by Gasteiger charge is -2.48. The van der Waals surface area contributed by atoms with Gasteiger partial charge in [0.15, 0.2) is 0 Å². The summed E-state index contributed by atoms with van der Waals surface area (Å²) in [7, 11) is 0. The summed E-state index contributed by atoms with van der Waals surface area (Å²) in [5.41, 5.74) is -0.447. The maximum Gasteiger partial charge on any atom is 0.419 e. The Morgan fingerprint density at radius 1 is 1.21 bits per heavy atom. The number of carboxylic acid groups (broad SMARTS) is 1. The fourth-order valence-corrected chi connectivity index (χ4v) is 4.54. The Morgan fingerprint density at radius 3 is 2.53 bits per heavy atom. The molecule has 0 saturated heterocycles. The van der Waals surface area contributed by atoms with Crippen molar-refractivity contribution in [2.75, 3.05) is 0 Å². The Morgan fingerprint density at radius 2 is 1.91 bits per heavy atom. The number of alkyl halides is 3. The minimum Gasteiger partial charge on any atom is -0.490 e. The maximum absolute atomic E-state index is 13.6. The van der Waals surface area contributed by atoms with Gasteiger partial charge in [0.05, 0.1) is 11.6 Å². The number of carbonyl (C=O) groups is 1. The lowest BCUT2D eigenvalue weighted by atomic mass is 9.78. The number of pyridine rings is 1. The molecule has 1 atom stereocenters. The van der Waals surface area contributed by atoms with Crippen molar-refractivity contribution in [1.82, 2.24) is 14.3 Å². The lowest BCUT2D eigenvalue weighted by Crippen LogP contribution is -2.54. The Labute approximate surface area is 193 Å². The summed E-state index contributed by atoms with van der Waals surface area (Å²) in [4.78, 5) is 18.2. The van der Waals surface area contributed by atoms with Crippen molar-refractivity contribution in [3.8, 4) is 5.75 Å². The second-order valence-corrected chi connectivity index (χ2v) is 9.58. The summed E-state index contributed by atoms with van der Waals surface area (Å²) >= 11 is 0. The molecule has 6 nitrogen and oxygen atoms in total. The minimum atomic E-state index is -4.83. The van der Waals surface area contributed by atoms with Gasteiger partial charge in [-0.25, -0.2) is 14.2 Å². The van der Waals surface area contributed by atoms with E-state index in [1.807, 2.05) is 43.5 Å². The third kappa shape index (κ3) is 4.53. The van der Waals surface area contributed by atoms with Crippen molar-refractivity contribution in [2.24, 2.45) is 5.41 Å². The van der Waals surface area contributed by atoms with E-state index < -0.39 is 47.3 Å². The van der Waals surface area contributed by atoms with E-state index >= 15 is 0 Å². The van der Waals surface area contributed by atoms with E-state index in [-0.39, 0.29) is 5.75 Å². The van der Waals surface area contributed by atoms with E-state index in [2.05, 4.69) is 4.98 Å². The van der Waals surface area contributed by atoms with E-state index in [0.717, 1.165) is 17.7 Å². The highest BCUT2D eigenvalue weighted by molar-refractivity contribution is 5.68.